The highest BCUT2D eigenvalue weighted by Crippen LogP contribution is 2.24. The zero-order valence-corrected chi connectivity index (χ0v) is 11.5. The van der Waals surface area contributed by atoms with Crippen LogP contribution in [0.5, 0.6) is 0 Å². The Labute approximate surface area is 116 Å². The summed E-state index contributed by atoms with van der Waals surface area (Å²) in [5, 5.41) is 0.564. The summed E-state index contributed by atoms with van der Waals surface area (Å²) in [6, 6.07) is 3.23. The number of hydrogen-bond acceptors (Lipinski definition) is 6. The van der Waals surface area contributed by atoms with Gasteiger partial charge in [0.05, 0.1) is 17.8 Å². The molecule has 2 rings (SSSR count). The van der Waals surface area contributed by atoms with Gasteiger partial charge in [0.25, 0.3) is 0 Å². The first kappa shape index (κ1) is 14.0. The van der Waals surface area contributed by atoms with Crippen molar-refractivity contribution in [2.24, 2.45) is 5.84 Å². The van der Waals surface area contributed by atoms with Crippen LogP contribution in [0.3, 0.4) is 0 Å². The summed E-state index contributed by atoms with van der Waals surface area (Å²) >= 11 is 6.12. The minimum Gasteiger partial charge on any atom is -0.468 e. The lowest BCUT2D eigenvalue weighted by Crippen LogP contribution is -2.36. The van der Waals surface area contributed by atoms with Crippen LogP contribution in [0.1, 0.15) is 18.5 Å². The van der Waals surface area contributed by atoms with Crippen LogP contribution < -0.4 is 11.3 Å². The number of methoxy groups -OCH3 is 1. The van der Waals surface area contributed by atoms with Crippen molar-refractivity contribution in [3.63, 3.8) is 0 Å². The van der Waals surface area contributed by atoms with Crippen LogP contribution in [-0.4, -0.2) is 35.5 Å². The molecule has 1 unspecified atom stereocenters. The van der Waals surface area contributed by atoms with Crippen LogP contribution >= 0.6 is 11.6 Å². The van der Waals surface area contributed by atoms with Crippen molar-refractivity contribution in [2.75, 3.05) is 19.1 Å². The zero-order valence-electron chi connectivity index (χ0n) is 10.7. The van der Waals surface area contributed by atoms with E-state index >= 15 is 0 Å². The van der Waals surface area contributed by atoms with E-state index in [1.54, 1.807) is 12.1 Å². The third kappa shape index (κ3) is 3.15. The zero-order chi connectivity index (χ0) is 13.8. The molecule has 1 aliphatic rings. The molecule has 1 atom stereocenters. The predicted octanol–water partition coefficient (Wildman–Crippen LogP) is 1.16. The molecule has 2 heterocycles. The lowest BCUT2D eigenvalue weighted by Gasteiger charge is -2.22. The molecule has 7 heteroatoms. The molecule has 0 aromatic carbocycles. The van der Waals surface area contributed by atoms with Crippen molar-refractivity contribution in [1.29, 1.82) is 0 Å². The fourth-order valence-corrected chi connectivity index (χ4v) is 2.45. The number of rotatable bonds is 4. The number of hydrazine groups is 1. The number of aromatic nitrogens is 1. The third-order valence-electron chi connectivity index (χ3n) is 3.26. The largest absolute Gasteiger partial charge is 0.468 e. The molecule has 0 radical (unpaired) electrons. The number of esters is 1. The van der Waals surface area contributed by atoms with E-state index in [-0.39, 0.29) is 12.0 Å². The Bertz CT molecular complexity index is 469. The number of carbonyl (C=O) groups is 1. The molecule has 1 aliphatic heterocycles. The standard InChI is InChI=1S/C12H17ClN4O2/c1-19-12(18)10-3-2-6-17(10)7-9-8(13)4-5-11(15-9)16-14/h4-5,10H,2-3,6-7,14H2,1H3,(H,15,16). The summed E-state index contributed by atoms with van der Waals surface area (Å²) in [4.78, 5) is 18.0. The number of halogens is 1. The summed E-state index contributed by atoms with van der Waals surface area (Å²) in [6.07, 6.45) is 1.77. The van der Waals surface area contributed by atoms with E-state index in [0.717, 1.165) is 19.4 Å². The number of ether oxygens (including phenoxy) is 1. The number of pyridine rings is 1. The van der Waals surface area contributed by atoms with Crippen LogP contribution in [0.25, 0.3) is 0 Å². The van der Waals surface area contributed by atoms with Crippen LogP contribution in [0.2, 0.25) is 5.02 Å². The number of nitrogen functional groups attached to an aromatic ring is 1. The van der Waals surface area contributed by atoms with Crippen molar-refractivity contribution >= 4 is 23.4 Å². The van der Waals surface area contributed by atoms with Gasteiger partial charge in [-0.15, -0.1) is 0 Å². The Hall–Kier alpha value is -1.37. The Kier molecular flexibility index (Phi) is 4.57. The monoisotopic (exact) mass is 284 g/mol. The minimum absolute atomic E-state index is 0.207. The smallest absolute Gasteiger partial charge is 0.323 e. The number of hydrogen-bond donors (Lipinski definition) is 2. The maximum absolute atomic E-state index is 11.7. The molecule has 1 fully saturated rings. The second-order valence-corrected chi connectivity index (χ2v) is 4.83. The Morgan fingerprint density at radius 2 is 2.47 bits per heavy atom. The molecule has 3 N–H and O–H groups in total. The van der Waals surface area contributed by atoms with Gasteiger partial charge in [-0.2, -0.15) is 0 Å². The predicted molar refractivity (Wildman–Crippen MR) is 72.5 cm³/mol. The van der Waals surface area contributed by atoms with Gasteiger partial charge in [0, 0.05) is 6.54 Å². The average Bonchev–Trinajstić information content (AvgIpc) is 2.88. The van der Waals surface area contributed by atoms with Crippen molar-refractivity contribution in [3.8, 4) is 0 Å². The summed E-state index contributed by atoms with van der Waals surface area (Å²) in [5.41, 5.74) is 3.19. The third-order valence-corrected chi connectivity index (χ3v) is 3.60. The molecule has 0 spiro atoms. The first-order valence-corrected chi connectivity index (χ1v) is 6.47. The van der Waals surface area contributed by atoms with Gasteiger partial charge in [0.2, 0.25) is 0 Å². The number of anilines is 1. The van der Waals surface area contributed by atoms with E-state index in [2.05, 4.69) is 10.4 Å². The minimum atomic E-state index is -0.211. The van der Waals surface area contributed by atoms with Crippen molar-refractivity contribution in [2.45, 2.75) is 25.4 Å². The van der Waals surface area contributed by atoms with Crippen molar-refractivity contribution < 1.29 is 9.53 Å². The molecule has 1 aromatic rings. The second kappa shape index (κ2) is 6.18. The number of carbonyl (C=O) groups excluding carboxylic acids is 1. The Morgan fingerprint density at radius 1 is 1.68 bits per heavy atom. The second-order valence-electron chi connectivity index (χ2n) is 4.42. The van der Waals surface area contributed by atoms with E-state index in [0.29, 0.717) is 23.1 Å². The molecule has 1 saturated heterocycles. The van der Waals surface area contributed by atoms with E-state index in [1.165, 1.54) is 7.11 Å². The van der Waals surface area contributed by atoms with E-state index in [1.807, 2.05) is 4.90 Å². The maximum atomic E-state index is 11.7. The van der Waals surface area contributed by atoms with Crippen LogP contribution in [-0.2, 0) is 16.1 Å². The fraction of sp³-hybridized carbons (Fsp3) is 0.500. The van der Waals surface area contributed by atoms with E-state index in [4.69, 9.17) is 22.2 Å². The summed E-state index contributed by atoms with van der Waals surface area (Å²) in [7, 11) is 1.41. The summed E-state index contributed by atoms with van der Waals surface area (Å²) in [6.45, 7) is 1.34. The number of nitrogens with two attached hydrogens (primary N) is 1. The number of nitrogens with one attached hydrogen (secondary N) is 1. The van der Waals surface area contributed by atoms with Gasteiger partial charge in [0.1, 0.15) is 11.9 Å². The molecular weight excluding hydrogens is 268 g/mol. The van der Waals surface area contributed by atoms with E-state index in [9.17, 15) is 4.79 Å². The van der Waals surface area contributed by atoms with Crippen LogP contribution in [0.15, 0.2) is 12.1 Å². The van der Waals surface area contributed by atoms with Crippen LogP contribution in [0.4, 0.5) is 5.82 Å². The summed E-state index contributed by atoms with van der Waals surface area (Å²) < 4.78 is 4.81. The topological polar surface area (TPSA) is 80.5 Å². The molecule has 104 valence electrons. The number of nitrogens with zero attached hydrogens (tertiary/aromatic N) is 2. The molecule has 1 aromatic heterocycles. The molecular formula is C12H17ClN4O2. The lowest BCUT2D eigenvalue weighted by molar-refractivity contribution is -0.146. The molecule has 0 saturated carbocycles. The van der Waals surface area contributed by atoms with Gasteiger partial charge in [-0.05, 0) is 31.5 Å². The maximum Gasteiger partial charge on any atom is 0.323 e. The highest BCUT2D eigenvalue weighted by atomic mass is 35.5. The van der Waals surface area contributed by atoms with Crippen molar-refractivity contribution in [1.82, 2.24) is 9.88 Å². The van der Waals surface area contributed by atoms with E-state index < -0.39 is 0 Å². The fourth-order valence-electron chi connectivity index (χ4n) is 2.29. The Balaban J connectivity index is 2.14. The normalized spacial score (nSPS) is 19.4. The van der Waals surface area contributed by atoms with Gasteiger partial charge in [-0.25, -0.2) is 10.8 Å². The van der Waals surface area contributed by atoms with Gasteiger partial charge >= 0.3 is 5.97 Å². The summed E-state index contributed by atoms with van der Waals surface area (Å²) in [5.74, 6) is 5.67. The number of likely N-dealkylation sites (tertiary alicyclic amines) is 1. The molecule has 19 heavy (non-hydrogen) atoms. The van der Waals surface area contributed by atoms with Gasteiger partial charge in [-0.3, -0.25) is 9.69 Å². The van der Waals surface area contributed by atoms with Crippen LogP contribution in [0, 0.1) is 0 Å². The van der Waals surface area contributed by atoms with Gasteiger partial charge < -0.3 is 10.2 Å². The van der Waals surface area contributed by atoms with Gasteiger partial charge in [-0.1, -0.05) is 11.6 Å². The molecule has 0 bridgehead atoms. The molecule has 0 aliphatic carbocycles. The molecule has 6 nitrogen and oxygen atoms in total. The average molecular weight is 285 g/mol. The lowest BCUT2D eigenvalue weighted by atomic mass is 10.2. The van der Waals surface area contributed by atoms with Crippen molar-refractivity contribution in [3.05, 3.63) is 22.8 Å². The van der Waals surface area contributed by atoms with Gasteiger partial charge in [0.15, 0.2) is 0 Å². The highest BCUT2D eigenvalue weighted by Gasteiger charge is 2.31. The SMILES string of the molecule is COC(=O)C1CCCN1Cc1nc(NN)ccc1Cl. The highest BCUT2D eigenvalue weighted by molar-refractivity contribution is 6.31. The Morgan fingerprint density at radius 3 is 3.16 bits per heavy atom. The first-order valence-electron chi connectivity index (χ1n) is 6.09. The quantitative estimate of drug-likeness (QED) is 0.491. The molecule has 0 amide bonds. The first-order chi connectivity index (χ1) is 9.15.